The summed E-state index contributed by atoms with van der Waals surface area (Å²) in [4.78, 5) is 28.2. The van der Waals surface area contributed by atoms with Crippen LogP contribution in [0.3, 0.4) is 0 Å². The number of benzene rings is 2. The lowest BCUT2D eigenvalue weighted by Gasteiger charge is -2.14. The number of anilines is 2. The fraction of sp³-hybridized carbons (Fsp3) is 0.167. The van der Waals surface area contributed by atoms with Gasteiger partial charge < -0.3 is 15.4 Å². The molecule has 31 heavy (non-hydrogen) atoms. The first-order valence-corrected chi connectivity index (χ1v) is 9.66. The molecule has 1 aromatic heterocycles. The third kappa shape index (κ3) is 5.25. The molecule has 0 spiro atoms. The number of nitriles is 1. The molecule has 7 heteroatoms. The van der Waals surface area contributed by atoms with E-state index in [-0.39, 0.29) is 18.3 Å². The first-order valence-electron chi connectivity index (χ1n) is 9.66. The maximum Gasteiger partial charge on any atom is 0.338 e. The third-order valence-electron chi connectivity index (χ3n) is 4.72. The van der Waals surface area contributed by atoms with Crippen molar-refractivity contribution in [3.05, 3.63) is 77.5 Å². The van der Waals surface area contributed by atoms with Crippen molar-refractivity contribution in [1.82, 2.24) is 4.98 Å². The molecule has 3 aromatic rings. The lowest BCUT2D eigenvalue weighted by atomic mass is 9.98. The molecule has 2 N–H and O–H groups in total. The van der Waals surface area contributed by atoms with E-state index in [4.69, 9.17) is 10.00 Å². The predicted molar refractivity (Wildman–Crippen MR) is 118 cm³/mol. The minimum Gasteiger partial charge on any atom is -0.465 e. The molecule has 0 unspecified atom stereocenters. The molecule has 0 aliphatic carbocycles. The maximum atomic E-state index is 12.0. The monoisotopic (exact) mass is 414 g/mol. The fourth-order valence-corrected chi connectivity index (χ4v) is 3.12. The van der Waals surface area contributed by atoms with Gasteiger partial charge in [0.05, 0.1) is 24.4 Å². The van der Waals surface area contributed by atoms with Crippen molar-refractivity contribution in [1.29, 1.82) is 5.26 Å². The van der Waals surface area contributed by atoms with Crippen LogP contribution in [0.25, 0.3) is 11.1 Å². The molecule has 0 atom stereocenters. The van der Waals surface area contributed by atoms with Crippen LogP contribution in [-0.4, -0.2) is 24.0 Å². The Morgan fingerprint density at radius 1 is 1.10 bits per heavy atom. The Morgan fingerprint density at radius 3 is 2.55 bits per heavy atom. The van der Waals surface area contributed by atoms with E-state index in [0.29, 0.717) is 23.6 Å². The number of methoxy groups -OCH3 is 1. The molecule has 1 heterocycles. The van der Waals surface area contributed by atoms with Crippen LogP contribution in [0.1, 0.15) is 27.9 Å². The van der Waals surface area contributed by atoms with Crippen LogP contribution in [0.2, 0.25) is 0 Å². The van der Waals surface area contributed by atoms with E-state index in [1.165, 1.54) is 7.11 Å². The summed E-state index contributed by atoms with van der Waals surface area (Å²) in [7, 11) is 1.37. The normalized spacial score (nSPS) is 10.1. The number of carbonyl (C=O) groups excluding carboxylic acids is 2. The van der Waals surface area contributed by atoms with Gasteiger partial charge in [-0.05, 0) is 41.3 Å². The standard InChI is InChI=1S/C24H22N4O3/c1-16-12-14-26-23(22(16)28-21(29)11-13-25)27-15-17-7-9-18(10-8-17)19-5-3-4-6-20(19)24(30)31-2/h3-10,12,14H,11,15H2,1-2H3,(H,26,27)(H,28,29). The van der Waals surface area contributed by atoms with E-state index < -0.39 is 0 Å². The number of aryl methyl sites for hydroxylation is 1. The van der Waals surface area contributed by atoms with Crippen molar-refractivity contribution in [2.75, 3.05) is 17.7 Å². The molecule has 0 aliphatic rings. The van der Waals surface area contributed by atoms with E-state index in [1.54, 1.807) is 24.4 Å². The van der Waals surface area contributed by atoms with Crippen LogP contribution in [0.5, 0.6) is 0 Å². The van der Waals surface area contributed by atoms with Gasteiger partial charge in [0.1, 0.15) is 12.2 Å². The summed E-state index contributed by atoms with van der Waals surface area (Å²) in [5, 5.41) is 14.7. The molecule has 0 saturated carbocycles. The smallest absolute Gasteiger partial charge is 0.338 e. The largest absolute Gasteiger partial charge is 0.465 e. The molecule has 0 radical (unpaired) electrons. The second-order valence-electron chi connectivity index (χ2n) is 6.82. The minimum absolute atomic E-state index is 0.220. The van der Waals surface area contributed by atoms with Crippen LogP contribution >= 0.6 is 0 Å². The minimum atomic E-state index is -0.379. The highest BCUT2D eigenvalue weighted by Gasteiger charge is 2.13. The number of nitrogens with zero attached hydrogens (tertiary/aromatic N) is 2. The molecule has 7 nitrogen and oxygen atoms in total. The number of ether oxygens (including phenoxy) is 1. The Labute approximate surface area is 180 Å². The van der Waals surface area contributed by atoms with Crippen molar-refractivity contribution in [2.24, 2.45) is 0 Å². The Balaban J connectivity index is 1.76. The van der Waals surface area contributed by atoms with Crippen molar-refractivity contribution in [3.63, 3.8) is 0 Å². The number of hydrogen-bond donors (Lipinski definition) is 2. The zero-order valence-electron chi connectivity index (χ0n) is 17.3. The Bertz CT molecular complexity index is 1130. The zero-order chi connectivity index (χ0) is 22.2. The van der Waals surface area contributed by atoms with Crippen molar-refractivity contribution in [3.8, 4) is 17.2 Å². The topological polar surface area (TPSA) is 104 Å². The fourth-order valence-electron chi connectivity index (χ4n) is 3.12. The van der Waals surface area contributed by atoms with Crippen molar-refractivity contribution in [2.45, 2.75) is 19.9 Å². The van der Waals surface area contributed by atoms with Gasteiger partial charge in [-0.3, -0.25) is 4.79 Å². The molecule has 1 amide bonds. The number of esters is 1. The van der Waals surface area contributed by atoms with Crippen LogP contribution in [0.4, 0.5) is 11.5 Å². The summed E-state index contributed by atoms with van der Waals surface area (Å²) in [5.41, 5.74) is 4.62. The highest BCUT2D eigenvalue weighted by atomic mass is 16.5. The number of hydrogen-bond acceptors (Lipinski definition) is 6. The van der Waals surface area contributed by atoms with Gasteiger partial charge in [-0.15, -0.1) is 0 Å². The quantitative estimate of drug-likeness (QED) is 0.559. The van der Waals surface area contributed by atoms with Gasteiger partial charge in [-0.1, -0.05) is 42.5 Å². The van der Waals surface area contributed by atoms with Crippen molar-refractivity contribution < 1.29 is 14.3 Å². The van der Waals surface area contributed by atoms with E-state index in [9.17, 15) is 9.59 Å². The van der Waals surface area contributed by atoms with Crippen molar-refractivity contribution >= 4 is 23.4 Å². The van der Waals surface area contributed by atoms with E-state index in [0.717, 1.165) is 22.3 Å². The molecule has 0 aliphatic heterocycles. The molecule has 3 rings (SSSR count). The second-order valence-corrected chi connectivity index (χ2v) is 6.82. The summed E-state index contributed by atoms with van der Waals surface area (Å²) in [6.07, 6.45) is 1.44. The van der Waals surface area contributed by atoms with Crippen LogP contribution in [0.15, 0.2) is 60.8 Å². The highest BCUT2D eigenvalue weighted by molar-refractivity contribution is 5.97. The van der Waals surface area contributed by atoms with E-state index in [2.05, 4.69) is 15.6 Å². The third-order valence-corrected chi connectivity index (χ3v) is 4.72. The SMILES string of the molecule is COC(=O)c1ccccc1-c1ccc(CNc2nccc(C)c2NC(=O)CC#N)cc1. The highest BCUT2D eigenvalue weighted by Crippen LogP contribution is 2.26. The summed E-state index contributed by atoms with van der Waals surface area (Å²) in [6, 6.07) is 18.7. The Kier molecular flexibility index (Phi) is 6.97. The number of rotatable bonds is 7. The summed E-state index contributed by atoms with van der Waals surface area (Å²) < 4.78 is 4.87. The second kappa shape index (κ2) is 10.0. The molecule has 2 aromatic carbocycles. The van der Waals surface area contributed by atoms with Crippen LogP contribution < -0.4 is 10.6 Å². The maximum absolute atomic E-state index is 12.0. The van der Waals surface area contributed by atoms with Gasteiger partial charge in [-0.25, -0.2) is 9.78 Å². The molecule has 0 fully saturated rings. The van der Waals surface area contributed by atoms with Gasteiger partial charge in [-0.2, -0.15) is 5.26 Å². The Morgan fingerprint density at radius 2 is 1.84 bits per heavy atom. The van der Waals surface area contributed by atoms with Gasteiger partial charge in [0, 0.05) is 12.7 Å². The average molecular weight is 414 g/mol. The number of carbonyl (C=O) groups is 2. The first kappa shape index (κ1) is 21.5. The summed E-state index contributed by atoms with van der Waals surface area (Å²) >= 11 is 0. The van der Waals surface area contributed by atoms with Gasteiger partial charge >= 0.3 is 5.97 Å². The first-order chi connectivity index (χ1) is 15.0. The molecule has 0 bridgehead atoms. The summed E-state index contributed by atoms with van der Waals surface area (Å²) in [6.45, 7) is 2.35. The number of amides is 1. The van der Waals surface area contributed by atoms with Gasteiger partial charge in [0.25, 0.3) is 0 Å². The van der Waals surface area contributed by atoms with E-state index >= 15 is 0 Å². The van der Waals surface area contributed by atoms with E-state index in [1.807, 2.05) is 49.4 Å². The number of pyridine rings is 1. The molecule has 0 saturated heterocycles. The van der Waals surface area contributed by atoms with Crippen LogP contribution in [-0.2, 0) is 16.1 Å². The molecule has 156 valence electrons. The van der Waals surface area contributed by atoms with Gasteiger partial charge in [0.2, 0.25) is 5.91 Å². The molecular formula is C24H22N4O3. The zero-order valence-corrected chi connectivity index (χ0v) is 17.3. The Hall–Kier alpha value is -4.18. The summed E-state index contributed by atoms with van der Waals surface area (Å²) in [5.74, 6) is -0.223. The van der Waals surface area contributed by atoms with Crippen LogP contribution in [0, 0.1) is 18.3 Å². The number of aromatic nitrogens is 1. The van der Waals surface area contributed by atoms with Gasteiger partial charge in [0.15, 0.2) is 0 Å². The molecular weight excluding hydrogens is 392 g/mol. The lowest BCUT2D eigenvalue weighted by Crippen LogP contribution is -2.14. The lowest BCUT2D eigenvalue weighted by molar-refractivity contribution is -0.115. The number of nitrogens with one attached hydrogen (secondary N) is 2. The predicted octanol–water partition coefficient (Wildman–Crippen LogP) is 4.31. The average Bonchev–Trinajstić information content (AvgIpc) is 2.79.